The summed E-state index contributed by atoms with van der Waals surface area (Å²) in [6.07, 6.45) is 2.85. The van der Waals surface area contributed by atoms with E-state index in [9.17, 15) is 0 Å². The maximum atomic E-state index is 4.17. The van der Waals surface area contributed by atoms with Crippen molar-refractivity contribution in [2.24, 2.45) is 0 Å². The third-order valence-corrected chi connectivity index (χ3v) is 2.12. The molecular formula is C14H18N2. The highest BCUT2D eigenvalue weighted by molar-refractivity contribution is 5.07. The molecule has 2 aromatic heterocycles. The van der Waals surface area contributed by atoms with E-state index in [4.69, 9.17) is 0 Å². The van der Waals surface area contributed by atoms with Crippen LogP contribution in [0.25, 0.3) is 0 Å². The Morgan fingerprint density at radius 3 is 1.94 bits per heavy atom. The van der Waals surface area contributed by atoms with Gasteiger partial charge in [-0.3, -0.25) is 9.97 Å². The van der Waals surface area contributed by atoms with Crippen molar-refractivity contribution < 1.29 is 0 Å². The molecule has 0 spiro atoms. The Morgan fingerprint density at radius 2 is 1.62 bits per heavy atom. The average molecular weight is 214 g/mol. The van der Waals surface area contributed by atoms with Gasteiger partial charge in [0, 0.05) is 23.3 Å². The van der Waals surface area contributed by atoms with E-state index < -0.39 is 0 Å². The number of nitrogens with zero attached hydrogens (tertiary/aromatic N) is 2. The van der Waals surface area contributed by atoms with Crippen LogP contribution in [0.2, 0.25) is 0 Å². The Hall–Kier alpha value is -1.70. The van der Waals surface area contributed by atoms with Crippen molar-refractivity contribution >= 4 is 0 Å². The van der Waals surface area contributed by atoms with Gasteiger partial charge in [0.1, 0.15) is 0 Å². The summed E-state index contributed by atoms with van der Waals surface area (Å²) in [5, 5.41) is 0. The van der Waals surface area contributed by atoms with E-state index in [1.165, 1.54) is 0 Å². The molecule has 2 heteroatoms. The molecule has 0 aromatic carbocycles. The summed E-state index contributed by atoms with van der Waals surface area (Å²) < 4.78 is 0. The lowest BCUT2D eigenvalue weighted by molar-refractivity contribution is 1.04. The van der Waals surface area contributed by atoms with Crippen molar-refractivity contribution in [3.05, 3.63) is 59.7 Å². The molecule has 84 valence electrons. The summed E-state index contributed by atoms with van der Waals surface area (Å²) >= 11 is 0. The second kappa shape index (κ2) is 6.72. The standard InChI is InChI=1S/2C7H9N/c1-6-4-3-5-7(2)8-6;1-2-7-5-3-4-6-8-7/h3-5H,1-2H3;3-6H,2H2,1H3. The normalized spacial score (nSPS) is 9.19. The van der Waals surface area contributed by atoms with Gasteiger partial charge in [0.25, 0.3) is 0 Å². The quantitative estimate of drug-likeness (QED) is 0.727. The van der Waals surface area contributed by atoms with E-state index in [2.05, 4.69) is 16.9 Å². The molecule has 0 N–H and O–H groups in total. The fourth-order valence-corrected chi connectivity index (χ4v) is 1.29. The molecule has 0 radical (unpaired) electrons. The van der Waals surface area contributed by atoms with Crippen molar-refractivity contribution in [2.45, 2.75) is 27.2 Å². The fraction of sp³-hybridized carbons (Fsp3) is 0.286. The SMILES string of the molecule is CCc1ccccn1.Cc1cccc(C)n1. The summed E-state index contributed by atoms with van der Waals surface area (Å²) in [7, 11) is 0. The fourth-order valence-electron chi connectivity index (χ4n) is 1.29. The predicted octanol–water partition coefficient (Wildman–Crippen LogP) is 3.34. The number of hydrogen-bond acceptors (Lipinski definition) is 2. The molecule has 0 bridgehead atoms. The average Bonchev–Trinajstić information content (AvgIpc) is 2.31. The lowest BCUT2D eigenvalue weighted by atomic mass is 10.3. The molecule has 0 amide bonds. The summed E-state index contributed by atoms with van der Waals surface area (Å²) in [6.45, 7) is 6.09. The third-order valence-electron chi connectivity index (χ3n) is 2.12. The van der Waals surface area contributed by atoms with Gasteiger partial charge >= 0.3 is 0 Å². The molecule has 0 saturated carbocycles. The summed E-state index contributed by atoms with van der Waals surface area (Å²) in [6, 6.07) is 12.0. The molecule has 0 atom stereocenters. The number of hydrogen-bond donors (Lipinski definition) is 0. The smallest absolute Gasteiger partial charge is 0.0400 e. The van der Waals surface area contributed by atoms with Gasteiger partial charge < -0.3 is 0 Å². The molecule has 2 nitrogen and oxygen atoms in total. The van der Waals surface area contributed by atoms with Gasteiger partial charge in [-0.2, -0.15) is 0 Å². The maximum Gasteiger partial charge on any atom is 0.0400 e. The van der Waals surface area contributed by atoms with Crippen LogP contribution in [0.15, 0.2) is 42.6 Å². The van der Waals surface area contributed by atoms with Crippen molar-refractivity contribution in [3.63, 3.8) is 0 Å². The predicted molar refractivity (Wildman–Crippen MR) is 67.3 cm³/mol. The summed E-state index contributed by atoms with van der Waals surface area (Å²) in [5.41, 5.74) is 3.34. The molecule has 2 rings (SSSR count). The van der Waals surface area contributed by atoms with Crippen molar-refractivity contribution in [3.8, 4) is 0 Å². The Labute approximate surface area is 97.4 Å². The zero-order valence-corrected chi connectivity index (χ0v) is 10.1. The first kappa shape index (κ1) is 12.4. The van der Waals surface area contributed by atoms with Gasteiger partial charge in [-0.1, -0.05) is 19.1 Å². The highest BCUT2D eigenvalue weighted by atomic mass is 14.7. The number of aryl methyl sites for hydroxylation is 3. The molecule has 2 aromatic rings. The lowest BCUT2D eigenvalue weighted by Gasteiger charge is -1.90. The Morgan fingerprint density at radius 1 is 0.938 bits per heavy atom. The van der Waals surface area contributed by atoms with Crippen molar-refractivity contribution in [1.29, 1.82) is 0 Å². The first-order valence-corrected chi connectivity index (χ1v) is 5.52. The Bertz CT molecular complexity index is 393. The molecule has 0 aliphatic rings. The summed E-state index contributed by atoms with van der Waals surface area (Å²) in [5.74, 6) is 0. The van der Waals surface area contributed by atoms with Crippen LogP contribution in [0.1, 0.15) is 24.0 Å². The second-order valence-corrected chi connectivity index (χ2v) is 3.59. The number of aromatic nitrogens is 2. The molecule has 16 heavy (non-hydrogen) atoms. The molecule has 2 heterocycles. The van der Waals surface area contributed by atoms with E-state index in [1.54, 1.807) is 0 Å². The van der Waals surface area contributed by atoms with Crippen molar-refractivity contribution in [1.82, 2.24) is 9.97 Å². The summed E-state index contributed by atoms with van der Waals surface area (Å²) in [4.78, 5) is 8.27. The van der Waals surface area contributed by atoms with Crippen molar-refractivity contribution in [2.75, 3.05) is 0 Å². The van der Waals surface area contributed by atoms with E-state index in [0.29, 0.717) is 0 Å². The van der Waals surface area contributed by atoms with E-state index >= 15 is 0 Å². The molecular weight excluding hydrogens is 196 g/mol. The van der Waals surface area contributed by atoms with Crippen LogP contribution in [0.3, 0.4) is 0 Å². The largest absolute Gasteiger partial charge is 0.261 e. The Kier molecular flexibility index (Phi) is 5.20. The number of rotatable bonds is 1. The maximum absolute atomic E-state index is 4.17. The lowest BCUT2D eigenvalue weighted by Crippen LogP contribution is -1.81. The minimum atomic E-state index is 1.03. The van der Waals surface area contributed by atoms with Gasteiger partial charge in [0.2, 0.25) is 0 Å². The van der Waals surface area contributed by atoms with Crippen LogP contribution in [-0.2, 0) is 6.42 Å². The first-order chi connectivity index (χ1) is 7.72. The van der Waals surface area contributed by atoms with E-state index in [-0.39, 0.29) is 0 Å². The van der Waals surface area contributed by atoms with Crippen LogP contribution in [0.5, 0.6) is 0 Å². The van der Waals surface area contributed by atoms with E-state index in [0.717, 1.165) is 23.5 Å². The highest BCUT2D eigenvalue weighted by Crippen LogP contribution is 1.93. The first-order valence-electron chi connectivity index (χ1n) is 5.52. The van der Waals surface area contributed by atoms with Crippen LogP contribution in [0.4, 0.5) is 0 Å². The van der Waals surface area contributed by atoms with Gasteiger partial charge in [-0.15, -0.1) is 0 Å². The molecule has 0 unspecified atom stereocenters. The molecule has 0 aliphatic heterocycles. The number of pyridine rings is 2. The van der Waals surface area contributed by atoms with Gasteiger partial charge in [0.05, 0.1) is 0 Å². The topological polar surface area (TPSA) is 25.8 Å². The van der Waals surface area contributed by atoms with Gasteiger partial charge in [-0.05, 0) is 44.5 Å². The van der Waals surface area contributed by atoms with Crippen LogP contribution in [-0.4, -0.2) is 9.97 Å². The van der Waals surface area contributed by atoms with E-state index in [1.807, 2.05) is 56.4 Å². The van der Waals surface area contributed by atoms with Crippen LogP contribution in [0, 0.1) is 13.8 Å². The zero-order valence-electron chi connectivity index (χ0n) is 10.1. The molecule has 0 aliphatic carbocycles. The minimum Gasteiger partial charge on any atom is -0.261 e. The van der Waals surface area contributed by atoms with Gasteiger partial charge in [0.15, 0.2) is 0 Å². The third kappa shape index (κ3) is 4.69. The zero-order chi connectivity index (χ0) is 11.8. The van der Waals surface area contributed by atoms with Crippen LogP contribution < -0.4 is 0 Å². The van der Waals surface area contributed by atoms with Crippen LogP contribution >= 0.6 is 0 Å². The minimum absolute atomic E-state index is 1.03. The van der Waals surface area contributed by atoms with Gasteiger partial charge in [-0.25, -0.2) is 0 Å². The molecule has 0 fully saturated rings. The second-order valence-electron chi connectivity index (χ2n) is 3.59. The highest BCUT2D eigenvalue weighted by Gasteiger charge is 1.82. The monoisotopic (exact) mass is 214 g/mol. The molecule has 0 saturated heterocycles. The Balaban J connectivity index is 0.000000160.